The highest BCUT2D eigenvalue weighted by Gasteiger charge is 1.99. The SMILES string of the molecule is I.NC(=NCc1cccc(-n2cccn2)c1)Nc1ccccc1. The maximum Gasteiger partial charge on any atom is 0.193 e. The van der Waals surface area contributed by atoms with Crippen molar-refractivity contribution in [3.8, 4) is 5.69 Å². The topological polar surface area (TPSA) is 68.2 Å². The summed E-state index contributed by atoms with van der Waals surface area (Å²) in [5.74, 6) is 0.399. The Morgan fingerprint density at radius 3 is 2.65 bits per heavy atom. The average molecular weight is 419 g/mol. The normalized spacial score (nSPS) is 10.9. The van der Waals surface area contributed by atoms with Crippen molar-refractivity contribution < 1.29 is 0 Å². The minimum Gasteiger partial charge on any atom is -0.370 e. The van der Waals surface area contributed by atoms with Gasteiger partial charge in [-0.1, -0.05) is 30.3 Å². The minimum atomic E-state index is 0. The van der Waals surface area contributed by atoms with E-state index in [2.05, 4.69) is 15.4 Å². The van der Waals surface area contributed by atoms with Crippen molar-refractivity contribution in [2.24, 2.45) is 10.7 Å². The van der Waals surface area contributed by atoms with E-state index in [1.807, 2.05) is 71.5 Å². The zero-order chi connectivity index (χ0) is 15.2. The van der Waals surface area contributed by atoms with Crippen LogP contribution in [0, 0.1) is 0 Å². The number of aromatic nitrogens is 2. The molecule has 3 N–H and O–H groups in total. The van der Waals surface area contributed by atoms with Crippen LogP contribution in [0.3, 0.4) is 0 Å². The van der Waals surface area contributed by atoms with Crippen LogP contribution < -0.4 is 11.1 Å². The molecule has 0 aliphatic rings. The number of guanidine groups is 1. The Hall–Kier alpha value is -2.35. The van der Waals surface area contributed by atoms with E-state index >= 15 is 0 Å². The average Bonchev–Trinajstić information content (AvgIpc) is 3.09. The second-order valence-corrected chi connectivity index (χ2v) is 4.81. The summed E-state index contributed by atoms with van der Waals surface area (Å²) in [5, 5.41) is 7.29. The number of nitrogens with one attached hydrogen (secondary N) is 1. The van der Waals surface area contributed by atoms with Crippen molar-refractivity contribution in [2.45, 2.75) is 6.54 Å². The Labute approximate surface area is 152 Å². The second kappa shape index (κ2) is 8.33. The Morgan fingerprint density at radius 2 is 1.91 bits per heavy atom. The fraction of sp³-hybridized carbons (Fsp3) is 0.0588. The number of nitrogens with two attached hydrogens (primary N) is 1. The summed E-state index contributed by atoms with van der Waals surface area (Å²) in [6.45, 7) is 0.515. The lowest BCUT2D eigenvalue weighted by Gasteiger charge is -2.06. The van der Waals surface area contributed by atoms with E-state index < -0.39 is 0 Å². The third kappa shape index (κ3) is 4.82. The molecule has 0 radical (unpaired) electrons. The number of para-hydroxylation sites is 1. The predicted octanol–water partition coefficient (Wildman–Crippen LogP) is 3.42. The van der Waals surface area contributed by atoms with E-state index in [0.29, 0.717) is 12.5 Å². The molecule has 0 saturated carbocycles. The smallest absolute Gasteiger partial charge is 0.193 e. The van der Waals surface area contributed by atoms with Crippen LogP contribution in [0.15, 0.2) is 78.0 Å². The highest BCUT2D eigenvalue weighted by atomic mass is 127. The number of hydrogen-bond donors (Lipinski definition) is 2. The molecule has 1 heterocycles. The molecule has 0 aliphatic heterocycles. The number of hydrogen-bond acceptors (Lipinski definition) is 2. The predicted molar refractivity (Wildman–Crippen MR) is 104 cm³/mol. The van der Waals surface area contributed by atoms with Gasteiger partial charge in [0.15, 0.2) is 5.96 Å². The van der Waals surface area contributed by atoms with E-state index in [1.54, 1.807) is 6.20 Å². The number of halogens is 1. The van der Waals surface area contributed by atoms with Crippen molar-refractivity contribution in [2.75, 3.05) is 5.32 Å². The third-order valence-corrected chi connectivity index (χ3v) is 3.16. The second-order valence-electron chi connectivity index (χ2n) is 4.81. The van der Waals surface area contributed by atoms with Gasteiger partial charge < -0.3 is 11.1 Å². The van der Waals surface area contributed by atoms with Crippen LogP contribution in [-0.4, -0.2) is 15.7 Å². The molecule has 0 unspecified atom stereocenters. The molecule has 0 bridgehead atoms. The number of aliphatic imine (C=N–C) groups is 1. The zero-order valence-electron chi connectivity index (χ0n) is 12.5. The van der Waals surface area contributed by atoms with Crippen LogP contribution in [0.4, 0.5) is 5.69 Å². The van der Waals surface area contributed by atoms with Crippen molar-refractivity contribution >= 4 is 35.6 Å². The van der Waals surface area contributed by atoms with Gasteiger partial charge in [0.2, 0.25) is 0 Å². The minimum absolute atomic E-state index is 0. The van der Waals surface area contributed by atoms with Gasteiger partial charge in [-0.05, 0) is 35.9 Å². The molecular formula is C17H18IN5. The number of rotatable bonds is 4. The molecule has 3 aromatic rings. The molecule has 0 atom stereocenters. The largest absolute Gasteiger partial charge is 0.370 e. The van der Waals surface area contributed by atoms with Crippen LogP contribution in [-0.2, 0) is 6.54 Å². The van der Waals surface area contributed by atoms with Gasteiger partial charge in [0.05, 0.1) is 12.2 Å². The first-order valence-corrected chi connectivity index (χ1v) is 7.02. The van der Waals surface area contributed by atoms with Crippen LogP contribution in [0.25, 0.3) is 5.69 Å². The lowest BCUT2D eigenvalue weighted by molar-refractivity contribution is 0.876. The molecule has 2 aromatic carbocycles. The van der Waals surface area contributed by atoms with Gasteiger partial charge >= 0.3 is 0 Å². The van der Waals surface area contributed by atoms with Crippen molar-refractivity contribution in [3.63, 3.8) is 0 Å². The van der Waals surface area contributed by atoms with E-state index in [0.717, 1.165) is 16.9 Å². The molecule has 0 spiro atoms. The third-order valence-electron chi connectivity index (χ3n) is 3.16. The maximum atomic E-state index is 5.91. The Morgan fingerprint density at radius 1 is 1.09 bits per heavy atom. The van der Waals surface area contributed by atoms with Gasteiger partial charge in [-0.3, -0.25) is 0 Å². The molecule has 0 amide bonds. The van der Waals surface area contributed by atoms with E-state index in [4.69, 9.17) is 5.73 Å². The molecule has 0 aliphatic carbocycles. The molecule has 1 aromatic heterocycles. The highest BCUT2D eigenvalue weighted by Crippen LogP contribution is 2.11. The first kappa shape index (κ1) is 17.0. The van der Waals surface area contributed by atoms with Crippen LogP contribution in [0.5, 0.6) is 0 Å². The van der Waals surface area contributed by atoms with Crippen LogP contribution in [0.1, 0.15) is 5.56 Å². The Bertz CT molecular complexity index is 754. The quantitative estimate of drug-likeness (QED) is 0.387. The van der Waals surface area contributed by atoms with E-state index in [1.165, 1.54) is 0 Å². The van der Waals surface area contributed by atoms with E-state index in [9.17, 15) is 0 Å². The Kier molecular flexibility index (Phi) is 6.16. The lowest BCUT2D eigenvalue weighted by Crippen LogP contribution is -2.22. The number of anilines is 1. The van der Waals surface area contributed by atoms with Crippen LogP contribution >= 0.6 is 24.0 Å². The fourth-order valence-electron chi connectivity index (χ4n) is 2.10. The summed E-state index contributed by atoms with van der Waals surface area (Å²) in [6.07, 6.45) is 3.67. The van der Waals surface area contributed by atoms with E-state index in [-0.39, 0.29) is 24.0 Å². The van der Waals surface area contributed by atoms with Crippen LogP contribution in [0.2, 0.25) is 0 Å². The lowest BCUT2D eigenvalue weighted by atomic mass is 10.2. The zero-order valence-corrected chi connectivity index (χ0v) is 14.8. The molecule has 0 fully saturated rings. The molecule has 6 heteroatoms. The first-order valence-electron chi connectivity index (χ1n) is 7.02. The van der Waals surface area contributed by atoms with Gasteiger partial charge in [-0.15, -0.1) is 24.0 Å². The summed E-state index contributed by atoms with van der Waals surface area (Å²) in [7, 11) is 0. The molecule has 3 rings (SSSR count). The molecule has 0 saturated heterocycles. The van der Waals surface area contributed by atoms with Crippen molar-refractivity contribution in [1.29, 1.82) is 0 Å². The molecular weight excluding hydrogens is 401 g/mol. The molecule has 118 valence electrons. The fourth-order valence-corrected chi connectivity index (χ4v) is 2.10. The summed E-state index contributed by atoms with van der Waals surface area (Å²) in [4.78, 5) is 4.37. The summed E-state index contributed by atoms with van der Waals surface area (Å²) >= 11 is 0. The van der Waals surface area contributed by atoms with Gasteiger partial charge in [-0.25, -0.2) is 9.67 Å². The Balaban J connectivity index is 0.00000192. The van der Waals surface area contributed by atoms with Gasteiger partial charge in [0.25, 0.3) is 0 Å². The van der Waals surface area contributed by atoms with Gasteiger partial charge in [-0.2, -0.15) is 5.10 Å². The first-order chi connectivity index (χ1) is 10.8. The standard InChI is InChI=1S/C17H17N5.HI/c18-17(21-15-7-2-1-3-8-15)19-13-14-6-4-9-16(12-14)22-11-5-10-20-22;/h1-12H,13H2,(H3,18,19,21);1H. The maximum absolute atomic E-state index is 5.91. The summed E-state index contributed by atoms with van der Waals surface area (Å²) in [5.41, 5.74) is 8.91. The molecule has 5 nitrogen and oxygen atoms in total. The summed E-state index contributed by atoms with van der Waals surface area (Å²) < 4.78 is 1.82. The van der Waals surface area contributed by atoms with Gasteiger partial charge in [0, 0.05) is 18.1 Å². The van der Waals surface area contributed by atoms with Crippen molar-refractivity contribution in [1.82, 2.24) is 9.78 Å². The monoisotopic (exact) mass is 419 g/mol. The van der Waals surface area contributed by atoms with Gasteiger partial charge in [0.1, 0.15) is 0 Å². The summed E-state index contributed by atoms with van der Waals surface area (Å²) in [6, 6.07) is 19.7. The van der Waals surface area contributed by atoms with Crippen molar-refractivity contribution in [3.05, 3.63) is 78.6 Å². The highest BCUT2D eigenvalue weighted by molar-refractivity contribution is 14.0. The number of benzene rings is 2. The molecule has 23 heavy (non-hydrogen) atoms. The number of nitrogens with zero attached hydrogens (tertiary/aromatic N) is 3.